The maximum atomic E-state index is 11.3. The Morgan fingerprint density at radius 2 is 2.29 bits per heavy atom. The second-order valence-corrected chi connectivity index (χ2v) is 5.87. The quantitative estimate of drug-likeness (QED) is 0.835. The van der Waals surface area contributed by atoms with Crippen LogP contribution in [0.25, 0.3) is 0 Å². The molecule has 1 heterocycles. The van der Waals surface area contributed by atoms with Crippen molar-refractivity contribution in [2.24, 2.45) is 0 Å². The van der Waals surface area contributed by atoms with Crippen molar-refractivity contribution in [3.8, 4) is 0 Å². The summed E-state index contributed by atoms with van der Waals surface area (Å²) in [5.41, 5.74) is 2.62. The van der Waals surface area contributed by atoms with Crippen LogP contribution in [-0.4, -0.2) is 19.2 Å². The van der Waals surface area contributed by atoms with Gasteiger partial charge < -0.3 is 0 Å². The molecule has 0 aliphatic carbocycles. The molecule has 0 saturated heterocycles. The van der Waals surface area contributed by atoms with E-state index in [0.717, 1.165) is 10.6 Å². The van der Waals surface area contributed by atoms with Crippen molar-refractivity contribution in [1.29, 1.82) is 0 Å². The van der Waals surface area contributed by atoms with Gasteiger partial charge in [-0.3, -0.25) is 0 Å². The third kappa shape index (κ3) is 3.36. The van der Waals surface area contributed by atoms with E-state index < -0.39 is 10.0 Å². The summed E-state index contributed by atoms with van der Waals surface area (Å²) in [6.07, 6.45) is 0.636. The van der Waals surface area contributed by atoms with E-state index in [-0.39, 0.29) is 5.75 Å². The second kappa shape index (κ2) is 4.86. The number of aryl methyl sites for hydroxylation is 1. The van der Waals surface area contributed by atoms with Gasteiger partial charge in [-0.25, -0.2) is 18.1 Å². The molecule has 1 rings (SSSR count). The van der Waals surface area contributed by atoms with Crippen LogP contribution < -0.4 is 4.72 Å². The summed E-state index contributed by atoms with van der Waals surface area (Å²) in [4.78, 5) is 5.02. The molecular formula is C8H14N2O2S2. The lowest BCUT2D eigenvalue weighted by Crippen LogP contribution is -2.25. The van der Waals surface area contributed by atoms with Crippen LogP contribution >= 0.6 is 11.3 Å². The summed E-state index contributed by atoms with van der Waals surface area (Å²) >= 11 is 1.47. The van der Waals surface area contributed by atoms with Crippen molar-refractivity contribution in [3.05, 3.63) is 16.1 Å². The zero-order chi connectivity index (χ0) is 10.6. The Morgan fingerprint density at radius 1 is 1.57 bits per heavy atom. The molecule has 0 aromatic carbocycles. The Labute approximate surface area is 88.4 Å². The monoisotopic (exact) mass is 234 g/mol. The minimum atomic E-state index is -3.10. The number of nitrogens with one attached hydrogen (secondary N) is 1. The summed E-state index contributed by atoms with van der Waals surface area (Å²) in [7, 11) is -3.10. The normalized spacial score (nSPS) is 11.9. The fourth-order valence-corrected chi connectivity index (χ4v) is 2.87. The minimum absolute atomic E-state index is 0.185. The Hall–Kier alpha value is -0.460. The molecule has 4 nitrogen and oxygen atoms in total. The molecule has 80 valence electrons. The van der Waals surface area contributed by atoms with Crippen molar-refractivity contribution in [3.63, 3.8) is 0 Å². The second-order valence-electron chi connectivity index (χ2n) is 3.00. The van der Waals surface area contributed by atoms with Crippen LogP contribution in [0.4, 0.5) is 0 Å². The van der Waals surface area contributed by atoms with Crippen LogP contribution in [0, 0.1) is 6.92 Å². The average molecular weight is 234 g/mol. The molecule has 1 aromatic rings. The molecule has 0 aliphatic heterocycles. The summed E-state index contributed by atoms with van der Waals surface area (Å²) in [6.45, 7) is 4.08. The minimum Gasteiger partial charge on any atom is -0.250 e. The van der Waals surface area contributed by atoms with E-state index in [2.05, 4.69) is 9.71 Å². The zero-order valence-corrected chi connectivity index (χ0v) is 9.91. The van der Waals surface area contributed by atoms with Gasteiger partial charge >= 0.3 is 0 Å². The molecule has 0 spiro atoms. The Morgan fingerprint density at radius 3 is 2.79 bits per heavy atom. The van der Waals surface area contributed by atoms with Crippen LogP contribution in [-0.2, 0) is 16.6 Å². The summed E-state index contributed by atoms with van der Waals surface area (Å²) < 4.78 is 25.2. The highest BCUT2D eigenvalue weighted by molar-refractivity contribution is 7.89. The maximum absolute atomic E-state index is 11.3. The summed E-state index contributed by atoms with van der Waals surface area (Å²) in [6, 6.07) is 0. The Kier molecular flexibility index (Phi) is 4.03. The van der Waals surface area contributed by atoms with Crippen LogP contribution in [0.15, 0.2) is 5.51 Å². The van der Waals surface area contributed by atoms with E-state index in [4.69, 9.17) is 0 Å². The molecule has 14 heavy (non-hydrogen) atoms. The first-order valence-electron chi connectivity index (χ1n) is 4.41. The van der Waals surface area contributed by atoms with E-state index in [1.165, 1.54) is 11.3 Å². The molecule has 0 amide bonds. The molecule has 0 bridgehead atoms. The van der Waals surface area contributed by atoms with Gasteiger partial charge in [0.15, 0.2) is 0 Å². The third-order valence-electron chi connectivity index (χ3n) is 1.77. The van der Waals surface area contributed by atoms with Gasteiger partial charge in [-0.05, 0) is 13.3 Å². The van der Waals surface area contributed by atoms with Crippen LogP contribution in [0.2, 0.25) is 0 Å². The number of nitrogens with zero attached hydrogens (tertiary/aromatic N) is 1. The van der Waals surface area contributed by atoms with Crippen molar-refractivity contribution in [2.45, 2.75) is 26.8 Å². The third-order valence-corrected chi connectivity index (χ3v) is 4.24. The van der Waals surface area contributed by atoms with E-state index in [9.17, 15) is 8.42 Å². The average Bonchev–Trinajstić information content (AvgIpc) is 2.48. The first kappa shape index (κ1) is 11.6. The Balaban J connectivity index is 2.53. The molecule has 1 aromatic heterocycles. The predicted octanol–water partition coefficient (Wildman–Crippen LogP) is 1.28. The van der Waals surface area contributed by atoms with Gasteiger partial charge in [0, 0.05) is 11.4 Å². The lowest BCUT2D eigenvalue weighted by atomic mass is 10.4. The van der Waals surface area contributed by atoms with Gasteiger partial charge in [0.05, 0.1) is 17.0 Å². The van der Waals surface area contributed by atoms with Gasteiger partial charge in [-0.2, -0.15) is 0 Å². The molecule has 0 saturated carbocycles. The fourth-order valence-electron chi connectivity index (χ4n) is 1.01. The highest BCUT2D eigenvalue weighted by Gasteiger charge is 2.09. The lowest BCUT2D eigenvalue weighted by Gasteiger charge is -2.03. The number of thiazole rings is 1. The first-order chi connectivity index (χ1) is 6.55. The molecular weight excluding hydrogens is 220 g/mol. The van der Waals surface area contributed by atoms with Gasteiger partial charge in [-0.1, -0.05) is 6.92 Å². The van der Waals surface area contributed by atoms with Crippen molar-refractivity contribution in [2.75, 3.05) is 5.75 Å². The summed E-state index contributed by atoms with van der Waals surface area (Å²) in [5.74, 6) is 0.185. The largest absolute Gasteiger partial charge is 0.250 e. The van der Waals surface area contributed by atoms with E-state index in [0.29, 0.717) is 13.0 Å². The Bertz CT molecular complexity index is 384. The number of rotatable bonds is 5. The predicted molar refractivity (Wildman–Crippen MR) is 57.8 cm³/mol. The maximum Gasteiger partial charge on any atom is 0.211 e. The standard InChI is InChI=1S/C8H14N2O2S2/c1-3-4-14(11,12)10-5-8-7(2)9-6-13-8/h6,10H,3-5H2,1-2H3. The summed E-state index contributed by atoms with van der Waals surface area (Å²) in [5, 5.41) is 0. The van der Waals surface area contributed by atoms with E-state index in [1.807, 2.05) is 13.8 Å². The fraction of sp³-hybridized carbons (Fsp3) is 0.625. The van der Waals surface area contributed by atoms with Crippen molar-refractivity contribution < 1.29 is 8.42 Å². The molecule has 0 atom stereocenters. The van der Waals surface area contributed by atoms with Crippen LogP contribution in [0.3, 0.4) is 0 Å². The number of hydrogen-bond acceptors (Lipinski definition) is 4. The SMILES string of the molecule is CCCS(=O)(=O)NCc1scnc1C. The van der Waals surface area contributed by atoms with Crippen molar-refractivity contribution >= 4 is 21.4 Å². The number of aromatic nitrogens is 1. The van der Waals surface area contributed by atoms with Gasteiger partial charge in [0.25, 0.3) is 0 Å². The molecule has 0 aliphatic rings. The smallest absolute Gasteiger partial charge is 0.211 e. The van der Waals surface area contributed by atoms with E-state index >= 15 is 0 Å². The van der Waals surface area contributed by atoms with Gasteiger partial charge in [-0.15, -0.1) is 11.3 Å². The molecule has 1 N–H and O–H groups in total. The highest BCUT2D eigenvalue weighted by atomic mass is 32.2. The lowest BCUT2D eigenvalue weighted by molar-refractivity contribution is 0.580. The zero-order valence-electron chi connectivity index (χ0n) is 8.28. The number of sulfonamides is 1. The van der Waals surface area contributed by atoms with Crippen LogP contribution in [0.5, 0.6) is 0 Å². The van der Waals surface area contributed by atoms with Crippen molar-refractivity contribution in [1.82, 2.24) is 9.71 Å². The van der Waals surface area contributed by atoms with E-state index in [1.54, 1.807) is 5.51 Å². The van der Waals surface area contributed by atoms with Crippen LogP contribution in [0.1, 0.15) is 23.9 Å². The topological polar surface area (TPSA) is 59.1 Å². The molecule has 0 unspecified atom stereocenters. The highest BCUT2D eigenvalue weighted by Crippen LogP contribution is 2.11. The van der Waals surface area contributed by atoms with Gasteiger partial charge in [0.2, 0.25) is 10.0 Å². The molecule has 6 heteroatoms. The first-order valence-corrected chi connectivity index (χ1v) is 6.94. The molecule has 0 radical (unpaired) electrons. The number of hydrogen-bond donors (Lipinski definition) is 1. The van der Waals surface area contributed by atoms with Gasteiger partial charge in [0.1, 0.15) is 0 Å². The molecule has 0 fully saturated rings.